The lowest BCUT2D eigenvalue weighted by Crippen LogP contribution is -2.45. The summed E-state index contributed by atoms with van der Waals surface area (Å²) < 4.78 is 1.97. The van der Waals surface area contributed by atoms with E-state index in [-0.39, 0.29) is 5.69 Å². The summed E-state index contributed by atoms with van der Waals surface area (Å²) in [5.41, 5.74) is 2.73. The maximum Gasteiger partial charge on any atom is 0.270 e. The van der Waals surface area contributed by atoms with Crippen molar-refractivity contribution in [3.8, 4) is 5.69 Å². The lowest BCUT2D eigenvalue weighted by atomic mass is 9.99. The number of likely N-dealkylation sites (N-methyl/N-ethyl adjacent to an activating group) is 1. The Labute approximate surface area is 183 Å². The number of anilines is 1. The molecule has 0 saturated carbocycles. The third kappa shape index (κ3) is 3.45. The highest BCUT2D eigenvalue weighted by Crippen LogP contribution is 2.33. The number of hydrogen-bond donors (Lipinski definition) is 0. The van der Waals surface area contributed by atoms with Gasteiger partial charge in [0, 0.05) is 54.5 Å². The number of hydrogen-bond acceptors (Lipinski definition) is 7. The molecule has 3 heterocycles. The Morgan fingerprint density at radius 2 is 1.81 bits per heavy atom. The minimum Gasteiger partial charge on any atom is -0.338 e. The van der Waals surface area contributed by atoms with Gasteiger partial charge < -0.3 is 9.80 Å². The van der Waals surface area contributed by atoms with Gasteiger partial charge in [0.2, 0.25) is 5.95 Å². The summed E-state index contributed by atoms with van der Waals surface area (Å²) in [5.74, 6) is 1.42. The van der Waals surface area contributed by atoms with Crippen LogP contribution in [0.5, 0.6) is 0 Å². The van der Waals surface area contributed by atoms with Gasteiger partial charge in [0.15, 0.2) is 5.82 Å². The van der Waals surface area contributed by atoms with Gasteiger partial charge in [-0.15, -0.1) is 10.2 Å². The van der Waals surface area contributed by atoms with Crippen LogP contribution in [0.15, 0.2) is 47.5 Å². The number of halogens is 1. The third-order valence-corrected chi connectivity index (χ3v) is 6.02. The van der Waals surface area contributed by atoms with Gasteiger partial charge in [0.25, 0.3) is 5.69 Å². The van der Waals surface area contributed by atoms with E-state index >= 15 is 0 Å². The fourth-order valence-electron chi connectivity index (χ4n) is 4.01. The summed E-state index contributed by atoms with van der Waals surface area (Å²) in [6, 6.07) is 12.2. The van der Waals surface area contributed by atoms with E-state index in [1.54, 1.807) is 18.2 Å². The maximum atomic E-state index is 11.5. The Hall–Kier alpha value is -3.30. The van der Waals surface area contributed by atoms with E-state index in [1.807, 2.05) is 22.8 Å². The van der Waals surface area contributed by atoms with Crippen LogP contribution >= 0.6 is 11.6 Å². The van der Waals surface area contributed by atoms with Crippen LogP contribution in [-0.2, 0) is 6.54 Å². The van der Waals surface area contributed by atoms with Crippen molar-refractivity contribution in [3.63, 3.8) is 0 Å². The zero-order chi connectivity index (χ0) is 21.5. The summed E-state index contributed by atoms with van der Waals surface area (Å²) in [6.45, 7) is 3.81. The Morgan fingerprint density at radius 1 is 1.03 bits per heavy atom. The molecule has 3 aromatic rings. The quantitative estimate of drug-likeness (QED) is 0.462. The van der Waals surface area contributed by atoms with E-state index < -0.39 is 4.92 Å². The molecule has 1 fully saturated rings. The summed E-state index contributed by atoms with van der Waals surface area (Å²) in [4.78, 5) is 20.4. The molecule has 0 radical (unpaired) electrons. The molecular weight excluding hydrogens is 418 g/mol. The molecule has 0 bridgehead atoms. The van der Waals surface area contributed by atoms with Gasteiger partial charge in [-0.3, -0.25) is 19.7 Å². The second kappa shape index (κ2) is 7.75. The van der Waals surface area contributed by atoms with Gasteiger partial charge in [-0.05, 0) is 19.2 Å². The molecule has 9 nitrogen and oxygen atoms in total. The van der Waals surface area contributed by atoms with Crippen molar-refractivity contribution in [1.29, 1.82) is 0 Å². The lowest BCUT2D eigenvalue weighted by molar-refractivity contribution is -0.384. The number of nitro groups is 1. The van der Waals surface area contributed by atoms with Crippen molar-refractivity contribution in [2.24, 2.45) is 4.99 Å². The molecule has 31 heavy (non-hydrogen) atoms. The van der Waals surface area contributed by atoms with Crippen molar-refractivity contribution >= 4 is 28.9 Å². The predicted octanol–water partition coefficient (Wildman–Crippen LogP) is 2.93. The van der Waals surface area contributed by atoms with Gasteiger partial charge in [-0.1, -0.05) is 29.8 Å². The van der Waals surface area contributed by atoms with E-state index in [1.165, 1.54) is 6.07 Å². The largest absolute Gasteiger partial charge is 0.338 e. The number of non-ortho nitro benzene ring substituents is 1. The van der Waals surface area contributed by atoms with Crippen LogP contribution in [0.1, 0.15) is 17.0 Å². The first-order chi connectivity index (χ1) is 15.0. The lowest BCUT2D eigenvalue weighted by Gasteiger charge is -2.33. The Balaban J connectivity index is 1.70. The molecule has 0 amide bonds. The van der Waals surface area contributed by atoms with Gasteiger partial charge >= 0.3 is 0 Å². The average Bonchev–Trinajstić information content (AvgIpc) is 3.12. The smallest absolute Gasteiger partial charge is 0.270 e. The molecule has 0 atom stereocenters. The van der Waals surface area contributed by atoms with Crippen LogP contribution in [0.3, 0.4) is 0 Å². The molecule has 5 rings (SSSR count). The van der Waals surface area contributed by atoms with Crippen LogP contribution < -0.4 is 4.90 Å². The molecule has 2 aliphatic heterocycles. The fraction of sp³-hybridized carbons (Fsp3) is 0.286. The van der Waals surface area contributed by atoms with Gasteiger partial charge in [-0.2, -0.15) is 0 Å². The monoisotopic (exact) mass is 437 g/mol. The topological polar surface area (TPSA) is 92.7 Å². The van der Waals surface area contributed by atoms with Crippen molar-refractivity contribution in [2.45, 2.75) is 6.54 Å². The molecule has 158 valence electrons. The minimum atomic E-state index is -0.399. The first-order valence-electron chi connectivity index (χ1n) is 9.99. The highest BCUT2D eigenvalue weighted by Gasteiger charge is 2.28. The van der Waals surface area contributed by atoms with Crippen LogP contribution in [0, 0.1) is 10.1 Å². The predicted molar refractivity (Wildman–Crippen MR) is 119 cm³/mol. The number of fused-ring (bicyclic) bond motifs is 3. The Morgan fingerprint density at radius 3 is 2.55 bits per heavy atom. The number of benzene rings is 2. The van der Waals surface area contributed by atoms with Crippen LogP contribution in [0.25, 0.3) is 5.69 Å². The van der Waals surface area contributed by atoms with E-state index in [9.17, 15) is 10.1 Å². The maximum absolute atomic E-state index is 11.5. The number of piperazine rings is 1. The van der Waals surface area contributed by atoms with Gasteiger partial charge in [0.05, 0.1) is 16.3 Å². The Kier molecular flexibility index (Phi) is 4.91. The average molecular weight is 438 g/mol. The number of nitro benzene ring substituents is 1. The minimum absolute atomic E-state index is 0.00354. The van der Waals surface area contributed by atoms with Gasteiger partial charge in [-0.25, -0.2) is 0 Å². The van der Waals surface area contributed by atoms with Crippen LogP contribution in [0.2, 0.25) is 5.02 Å². The molecule has 0 unspecified atom stereocenters. The summed E-state index contributed by atoms with van der Waals surface area (Å²) in [6.07, 6.45) is 0. The molecule has 0 aliphatic carbocycles. The van der Waals surface area contributed by atoms with Crippen LogP contribution in [-0.4, -0.2) is 63.5 Å². The standard InChI is InChI=1S/C21H20ClN7O2/c1-26-8-10-27(11-9-26)21-25-24-19-13-23-20(15-4-2-3-5-17(15)22)16-12-14(29(30)31)6-7-18(16)28(19)21/h2-7,12H,8-11,13H2,1H3. The number of nitrogens with zero attached hydrogens (tertiary/aromatic N) is 7. The summed E-state index contributed by atoms with van der Waals surface area (Å²) in [5, 5.41) is 20.9. The SMILES string of the molecule is CN1CCN(c2nnc3n2-c2ccc([N+](=O)[O-])cc2C(c2ccccc2Cl)=NC3)CC1. The zero-order valence-electron chi connectivity index (χ0n) is 16.9. The van der Waals surface area contributed by atoms with Crippen molar-refractivity contribution in [3.05, 3.63) is 74.6 Å². The molecule has 0 N–H and O–H groups in total. The van der Waals surface area contributed by atoms with E-state index in [2.05, 4.69) is 27.0 Å². The van der Waals surface area contributed by atoms with Crippen molar-refractivity contribution < 1.29 is 4.92 Å². The molecule has 10 heteroatoms. The van der Waals surface area contributed by atoms with E-state index in [0.29, 0.717) is 28.7 Å². The van der Waals surface area contributed by atoms with Gasteiger partial charge in [0.1, 0.15) is 6.54 Å². The molecule has 0 spiro atoms. The molecule has 1 saturated heterocycles. The normalized spacial score (nSPS) is 16.3. The van der Waals surface area contributed by atoms with E-state index in [4.69, 9.17) is 16.6 Å². The Bertz CT molecular complexity index is 1200. The molecule has 1 aromatic heterocycles. The molecule has 2 aliphatic rings. The first kappa shape index (κ1) is 19.7. The second-order valence-corrected chi connectivity index (χ2v) is 8.05. The third-order valence-electron chi connectivity index (χ3n) is 5.69. The number of aliphatic imine (C=N–C) groups is 1. The first-order valence-corrected chi connectivity index (χ1v) is 10.4. The summed E-state index contributed by atoms with van der Waals surface area (Å²) >= 11 is 6.47. The van der Waals surface area contributed by atoms with Crippen LogP contribution in [0.4, 0.5) is 11.6 Å². The van der Waals surface area contributed by atoms with Crippen molar-refractivity contribution in [2.75, 3.05) is 38.1 Å². The fourth-order valence-corrected chi connectivity index (χ4v) is 4.23. The highest BCUT2D eigenvalue weighted by atomic mass is 35.5. The highest BCUT2D eigenvalue weighted by molar-refractivity contribution is 6.35. The molecular formula is C21H20ClN7O2. The molecule has 2 aromatic carbocycles. The number of aromatic nitrogens is 3. The zero-order valence-corrected chi connectivity index (χ0v) is 17.7. The van der Waals surface area contributed by atoms with E-state index in [0.717, 1.165) is 43.4 Å². The second-order valence-electron chi connectivity index (χ2n) is 7.65. The van der Waals surface area contributed by atoms with Crippen molar-refractivity contribution in [1.82, 2.24) is 19.7 Å². The summed E-state index contributed by atoms with van der Waals surface area (Å²) in [7, 11) is 2.10. The number of rotatable bonds is 3.